The predicted octanol–water partition coefficient (Wildman–Crippen LogP) is 4.19. The largest absolute Gasteiger partial charge is 0.441 e. The SMILES string of the molecule is Cc1oc(-c2cccc(Br)c2)nc1CCCl. The molecule has 0 saturated heterocycles. The van der Waals surface area contributed by atoms with Crippen molar-refractivity contribution in [1.29, 1.82) is 0 Å². The summed E-state index contributed by atoms with van der Waals surface area (Å²) in [7, 11) is 0. The number of nitrogens with zero attached hydrogens (tertiary/aromatic N) is 1. The molecule has 0 amide bonds. The average molecular weight is 301 g/mol. The van der Waals surface area contributed by atoms with Crippen molar-refractivity contribution in [3.63, 3.8) is 0 Å². The Labute approximate surface area is 108 Å². The summed E-state index contributed by atoms with van der Waals surface area (Å²) in [6.45, 7) is 1.91. The minimum atomic E-state index is 0.561. The molecule has 0 saturated carbocycles. The van der Waals surface area contributed by atoms with Crippen molar-refractivity contribution in [2.24, 2.45) is 0 Å². The molecule has 0 bridgehead atoms. The molecule has 1 aromatic carbocycles. The highest BCUT2D eigenvalue weighted by atomic mass is 79.9. The maximum atomic E-state index is 5.70. The molecule has 0 radical (unpaired) electrons. The number of halogens is 2. The molecule has 1 aromatic heterocycles. The van der Waals surface area contributed by atoms with Gasteiger partial charge in [-0.25, -0.2) is 4.98 Å². The highest BCUT2D eigenvalue weighted by Crippen LogP contribution is 2.24. The van der Waals surface area contributed by atoms with Crippen LogP contribution < -0.4 is 0 Å². The van der Waals surface area contributed by atoms with Crippen LogP contribution in [-0.2, 0) is 6.42 Å². The van der Waals surface area contributed by atoms with E-state index in [-0.39, 0.29) is 0 Å². The maximum Gasteiger partial charge on any atom is 0.226 e. The zero-order valence-corrected chi connectivity index (χ0v) is 11.2. The van der Waals surface area contributed by atoms with Crippen LogP contribution in [0.15, 0.2) is 33.2 Å². The third-order valence-electron chi connectivity index (χ3n) is 2.30. The molecule has 0 spiro atoms. The van der Waals surface area contributed by atoms with Gasteiger partial charge in [0, 0.05) is 22.3 Å². The van der Waals surface area contributed by atoms with Gasteiger partial charge >= 0.3 is 0 Å². The molecule has 0 aliphatic carbocycles. The van der Waals surface area contributed by atoms with E-state index in [1.807, 2.05) is 31.2 Å². The molecule has 2 rings (SSSR count). The zero-order valence-electron chi connectivity index (χ0n) is 8.84. The van der Waals surface area contributed by atoms with Gasteiger partial charge in [0.2, 0.25) is 5.89 Å². The normalized spacial score (nSPS) is 10.7. The van der Waals surface area contributed by atoms with Gasteiger partial charge in [-0.1, -0.05) is 22.0 Å². The Balaban J connectivity index is 2.37. The molecule has 2 aromatic rings. The number of hydrogen-bond donors (Lipinski definition) is 0. The van der Waals surface area contributed by atoms with Crippen molar-refractivity contribution >= 4 is 27.5 Å². The number of rotatable bonds is 3. The number of oxazole rings is 1. The van der Waals surface area contributed by atoms with Crippen LogP contribution in [0.2, 0.25) is 0 Å². The molecule has 16 heavy (non-hydrogen) atoms. The second kappa shape index (κ2) is 5.02. The Kier molecular flexibility index (Phi) is 3.66. The van der Waals surface area contributed by atoms with E-state index in [0.29, 0.717) is 11.8 Å². The Morgan fingerprint density at radius 2 is 2.25 bits per heavy atom. The van der Waals surface area contributed by atoms with Gasteiger partial charge in [0.25, 0.3) is 0 Å². The first-order chi connectivity index (χ1) is 7.70. The summed E-state index contributed by atoms with van der Waals surface area (Å²) in [6, 6.07) is 7.88. The summed E-state index contributed by atoms with van der Waals surface area (Å²) >= 11 is 9.12. The first kappa shape index (κ1) is 11.7. The van der Waals surface area contributed by atoms with Crippen LogP contribution >= 0.6 is 27.5 Å². The number of hydrogen-bond acceptors (Lipinski definition) is 2. The van der Waals surface area contributed by atoms with Crippen molar-refractivity contribution < 1.29 is 4.42 Å². The second-order valence-corrected chi connectivity index (χ2v) is 4.76. The minimum Gasteiger partial charge on any atom is -0.441 e. The lowest BCUT2D eigenvalue weighted by Crippen LogP contribution is -1.88. The molecule has 0 aliphatic heterocycles. The predicted molar refractivity (Wildman–Crippen MR) is 68.8 cm³/mol. The zero-order chi connectivity index (χ0) is 11.5. The van der Waals surface area contributed by atoms with E-state index < -0.39 is 0 Å². The van der Waals surface area contributed by atoms with Gasteiger partial charge in [-0.05, 0) is 25.1 Å². The summed E-state index contributed by atoms with van der Waals surface area (Å²) in [4.78, 5) is 4.44. The molecule has 1 heterocycles. The van der Waals surface area contributed by atoms with E-state index in [0.717, 1.165) is 27.9 Å². The molecule has 0 unspecified atom stereocenters. The monoisotopic (exact) mass is 299 g/mol. The second-order valence-electron chi connectivity index (χ2n) is 3.47. The third kappa shape index (κ3) is 2.47. The first-order valence-corrected chi connectivity index (χ1v) is 6.31. The Morgan fingerprint density at radius 1 is 1.44 bits per heavy atom. The fraction of sp³-hybridized carbons (Fsp3) is 0.250. The van der Waals surface area contributed by atoms with Gasteiger partial charge in [0.1, 0.15) is 5.76 Å². The van der Waals surface area contributed by atoms with E-state index in [2.05, 4.69) is 20.9 Å². The Morgan fingerprint density at radius 3 is 2.94 bits per heavy atom. The highest BCUT2D eigenvalue weighted by Gasteiger charge is 2.10. The van der Waals surface area contributed by atoms with Gasteiger partial charge < -0.3 is 4.42 Å². The molecule has 2 nitrogen and oxygen atoms in total. The van der Waals surface area contributed by atoms with E-state index >= 15 is 0 Å². The molecular weight excluding hydrogens is 289 g/mol. The van der Waals surface area contributed by atoms with E-state index in [1.54, 1.807) is 0 Å². The molecule has 0 atom stereocenters. The van der Waals surface area contributed by atoms with Crippen LogP contribution in [0.25, 0.3) is 11.5 Å². The first-order valence-electron chi connectivity index (χ1n) is 4.99. The molecule has 0 N–H and O–H groups in total. The third-order valence-corrected chi connectivity index (χ3v) is 2.98. The lowest BCUT2D eigenvalue weighted by molar-refractivity contribution is 0.539. The van der Waals surface area contributed by atoms with Gasteiger partial charge in [-0.2, -0.15) is 0 Å². The van der Waals surface area contributed by atoms with E-state index in [1.165, 1.54) is 0 Å². The van der Waals surface area contributed by atoms with Crippen LogP contribution in [0.4, 0.5) is 0 Å². The smallest absolute Gasteiger partial charge is 0.226 e. The molecule has 0 aliphatic rings. The lowest BCUT2D eigenvalue weighted by atomic mass is 10.2. The number of aromatic nitrogens is 1. The summed E-state index contributed by atoms with van der Waals surface area (Å²) in [5.41, 5.74) is 1.91. The van der Waals surface area contributed by atoms with Crippen LogP contribution in [0.1, 0.15) is 11.5 Å². The van der Waals surface area contributed by atoms with Crippen molar-refractivity contribution in [1.82, 2.24) is 4.98 Å². The van der Waals surface area contributed by atoms with Gasteiger partial charge in [-0.3, -0.25) is 0 Å². The molecule has 4 heteroatoms. The average Bonchev–Trinajstić information content (AvgIpc) is 2.61. The van der Waals surface area contributed by atoms with Crippen molar-refractivity contribution in [3.05, 3.63) is 40.2 Å². The quantitative estimate of drug-likeness (QED) is 0.794. The standard InChI is InChI=1S/C12H11BrClNO/c1-8-11(5-6-14)15-12(16-8)9-3-2-4-10(13)7-9/h2-4,7H,5-6H2,1H3. The van der Waals surface area contributed by atoms with Crippen LogP contribution in [0.3, 0.4) is 0 Å². The van der Waals surface area contributed by atoms with Crippen LogP contribution in [-0.4, -0.2) is 10.9 Å². The summed E-state index contributed by atoms with van der Waals surface area (Å²) in [6.07, 6.45) is 0.741. The highest BCUT2D eigenvalue weighted by molar-refractivity contribution is 9.10. The fourth-order valence-electron chi connectivity index (χ4n) is 1.49. The van der Waals surface area contributed by atoms with Gasteiger partial charge in [0.15, 0.2) is 0 Å². The van der Waals surface area contributed by atoms with E-state index in [4.69, 9.17) is 16.0 Å². The molecule has 0 fully saturated rings. The number of alkyl halides is 1. The number of benzene rings is 1. The van der Waals surface area contributed by atoms with Gasteiger partial charge in [0.05, 0.1) is 5.69 Å². The van der Waals surface area contributed by atoms with E-state index in [9.17, 15) is 0 Å². The van der Waals surface area contributed by atoms with Gasteiger partial charge in [-0.15, -0.1) is 11.6 Å². The van der Waals surface area contributed by atoms with Crippen LogP contribution in [0, 0.1) is 6.92 Å². The summed E-state index contributed by atoms with van der Waals surface area (Å²) in [5.74, 6) is 2.06. The summed E-state index contributed by atoms with van der Waals surface area (Å²) < 4.78 is 6.63. The Bertz CT molecular complexity index is 496. The van der Waals surface area contributed by atoms with Crippen molar-refractivity contribution in [2.45, 2.75) is 13.3 Å². The fourth-order valence-corrected chi connectivity index (χ4v) is 2.07. The number of aryl methyl sites for hydroxylation is 2. The van der Waals surface area contributed by atoms with Crippen molar-refractivity contribution in [3.8, 4) is 11.5 Å². The maximum absolute atomic E-state index is 5.70. The molecule has 84 valence electrons. The Hall–Kier alpha value is -0.800. The molecular formula is C12H11BrClNO. The lowest BCUT2D eigenvalue weighted by Gasteiger charge is -1.95. The van der Waals surface area contributed by atoms with Crippen molar-refractivity contribution in [2.75, 3.05) is 5.88 Å². The minimum absolute atomic E-state index is 0.561. The van der Waals surface area contributed by atoms with Crippen LogP contribution in [0.5, 0.6) is 0 Å². The summed E-state index contributed by atoms with van der Waals surface area (Å²) in [5, 5.41) is 0. The topological polar surface area (TPSA) is 26.0 Å².